The van der Waals surface area contributed by atoms with E-state index >= 15 is 0 Å². The standard InChI is InChI=1S/C11H13BrO4S/c1-11(2,10(13)14)17(15,16)7-8-4-3-5-9(12)6-8/h3-6H,7H2,1-2H3,(H,13,14). The molecule has 94 valence electrons. The van der Waals surface area contributed by atoms with Crippen molar-refractivity contribution in [2.45, 2.75) is 24.3 Å². The molecular weight excluding hydrogens is 308 g/mol. The van der Waals surface area contributed by atoms with Gasteiger partial charge in [-0.3, -0.25) is 4.79 Å². The van der Waals surface area contributed by atoms with Gasteiger partial charge in [-0.2, -0.15) is 0 Å². The fourth-order valence-electron chi connectivity index (χ4n) is 1.16. The van der Waals surface area contributed by atoms with Crippen molar-refractivity contribution >= 4 is 31.7 Å². The molecule has 0 bridgehead atoms. The van der Waals surface area contributed by atoms with Crippen molar-refractivity contribution in [1.29, 1.82) is 0 Å². The number of rotatable bonds is 4. The van der Waals surface area contributed by atoms with Crippen LogP contribution in [-0.4, -0.2) is 24.2 Å². The summed E-state index contributed by atoms with van der Waals surface area (Å²) in [4.78, 5) is 10.9. The lowest BCUT2D eigenvalue weighted by Crippen LogP contribution is -2.41. The molecule has 1 N–H and O–H groups in total. The SMILES string of the molecule is CC(C)(C(=O)O)S(=O)(=O)Cc1cccc(Br)c1. The van der Waals surface area contributed by atoms with Crippen LogP contribution >= 0.6 is 15.9 Å². The van der Waals surface area contributed by atoms with Gasteiger partial charge in [0.25, 0.3) is 0 Å². The smallest absolute Gasteiger partial charge is 0.324 e. The zero-order valence-electron chi connectivity index (χ0n) is 9.47. The first-order valence-corrected chi connectivity index (χ1v) is 7.31. The first-order chi connectivity index (χ1) is 7.67. The number of carbonyl (C=O) groups is 1. The predicted molar refractivity (Wildman–Crippen MR) is 68.5 cm³/mol. The van der Waals surface area contributed by atoms with Crippen LogP contribution in [0.5, 0.6) is 0 Å². The molecule has 1 rings (SSSR count). The van der Waals surface area contributed by atoms with E-state index in [0.717, 1.165) is 4.47 Å². The lowest BCUT2D eigenvalue weighted by Gasteiger charge is -2.19. The molecule has 0 saturated heterocycles. The van der Waals surface area contributed by atoms with Crippen LogP contribution in [0.3, 0.4) is 0 Å². The maximum Gasteiger partial charge on any atom is 0.324 e. The fraction of sp³-hybridized carbons (Fsp3) is 0.364. The molecule has 0 aromatic heterocycles. The summed E-state index contributed by atoms with van der Waals surface area (Å²) >= 11 is 3.24. The highest BCUT2D eigenvalue weighted by Gasteiger charge is 2.41. The minimum Gasteiger partial charge on any atom is -0.480 e. The third kappa shape index (κ3) is 3.07. The summed E-state index contributed by atoms with van der Waals surface area (Å²) in [6.45, 7) is 2.39. The van der Waals surface area contributed by atoms with Crippen LogP contribution in [0.2, 0.25) is 0 Å². The monoisotopic (exact) mass is 320 g/mol. The third-order valence-electron chi connectivity index (χ3n) is 2.54. The van der Waals surface area contributed by atoms with Gasteiger partial charge in [-0.05, 0) is 31.5 Å². The number of aliphatic carboxylic acids is 1. The number of hydrogen-bond donors (Lipinski definition) is 1. The van der Waals surface area contributed by atoms with Crippen LogP contribution in [0.25, 0.3) is 0 Å². The molecule has 1 aromatic rings. The number of benzene rings is 1. The van der Waals surface area contributed by atoms with Crippen LogP contribution in [0.4, 0.5) is 0 Å². The van der Waals surface area contributed by atoms with E-state index in [1.54, 1.807) is 24.3 Å². The van der Waals surface area contributed by atoms with Gasteiger partial charge in [0, 0.05) is 4.47 Å². The van der Waals surface area contributed by atoms with Gasteiger partial charge in [-0.25, -0.2) is 8.42 Å². The lowest BCUT2D eigenvalue weighted by atomic mass is 10.2. The van der Waals surface area contributed by atoms with E-state index < -0.39 is 20.6 Å². The normalized spacial score (nSPS) is 12.4. The Morgan fingerprint density at radius 1 is 1.41 bits per heavy atom. The Balaban J connectivity index is 3.07. The first-order valence-electron chi connectivity index (χ1n) is 4.87. The highest BCUT2D eigenvalue weighted by molar-refractivity contribution is 9.10. The van der Waals surface area contributed by atoms with Gasteiger partial charge in [0.2, 0.25) is 0 Å². The first kappa shape index (κ1) is 14.2. The van der Waals surface area contributed by atoms with Crippen molar-refractivity contribution in [1.82, 2.24) is 0 Å². The maximum atomic E-state index is 12.0. The number of carboxylic acid groups (broad SMARTS) is 1. The van der Waals surface area contributed by atoms with Crippen LogP contribution in [-0.2, 0) is 20.4 Å². The van der Waals surface area contributed by atoms with Crippen LogP contribution in [0, 0.1) is 0 Å². The zero-order chi connectivity index (χ0) is 13.3. The summed E-state index contributed by atoms with van der Waals surface area (Å²) in [5.74, 6) is -1.63. The Morgan fingerprint density at radius 2 is 2.00 bits per heavy atom. The number of hydrogen-bond acceptors (Lipinski definition) is 3. The molecule has 4 nitrogen and oxygen atoms in total. The molecule has 0 saturated carbocycles. The molecule has 6 heteroatoms. The fourth-order valence-corrected chi connectivity index (χ4v) is 2.85. The van der Waals surface area contributed by atoms with Gasteiger partial charge in [-0.15, -0.1) is 0 Å². The van der Waals surface area contributed by atoms with E-state index in [1.165, 1.54) is 13.8 Å². The van der Waals surface area contributed by atoms with E-state index in [1.807, 2.05) is 0 Å². The predicted octanol–water partition coefficient (Wildman–Crippen LogP) is 2.23. The zero-order valence-corrected chi connectivity index (χ0v) is 11.9. The number of carboxylic acids is 1. The molecule has 17 heavy (non-hydrogen) atoms. The Morgan fingerprint density at radius 3 is 2.47 bits per heavy atom. The van der Waals surface area contributed by atoms with Gasteiger partial charge in [0.1, 0.15) is 0 Å². The lowest BCUT2D eigenvalue weighted by molar-refractivity contribution is -0.139. The molecule has 0 aliphatic carbocycles. The van der Waals surface area contributed by atoms with Gasteiger partial charge >= 0.3 is 5.97 Å². The quantitative estimate of drug-likeness (QED) is 0.923. The van der Waals surface area contributed by atoms with Crippen LogP contribution < -0.4 is 0 Å². The Bertz CT molecular complexity index is 534. The van der Waals surface area contributed by atoms with Crippen LogP contribution in [0.15, 0.2) is 28.7 Å². The van der Waals surface area contributed by atoms with E-state index in [4.69, 9.17) is 5.11 Å². The molecule has 0 aliphatic rings. The average Bonchev–Trinajstić information content (AvgIpc) is 2.16. The highest BCUT2D eigenvalue weighted by atomic mass is 79.9. The molecule has 0 radical (unpaired) electrons. The molecule has 0 heterocycles. The van der Waals surface area contributed by atoms with E-state index in [-0.39, 0.29) is 5.75 Å². The Hall–Kier alpha value is -0.880. The maximum absolute atomic E-state index is 12.0. The summed E-state index contributed by atoms with van der Waals surface area (Å²) in [7, 11) is -3.75. The summed E-state index contributed by atoms with van der Waals surface area (Å²) in [6, 6.07) is 6.80. The molecule has 0 atom stereocenters. The molecule has 0 fully saturated rings. The van der Waals surface area contributed by atoms with Gasteiger partial charge in [-0.1, -0.05) is 28.1 Å². The Labute approximate surface area is 109 Å². The Kier molecular flexibility index (Phi) is 3.99. The molecule has 1 aromatic carbocycles. The molecule has 0 unspecified atom stereocenters. The van der Waals surface area contributed by atoms with Crippen LogP contribution in [0.1, 0.15) is 19.4 Å². The number of halogens is 1. The van der Waals surface area contributed by atoms with Crippen molar-refractivity contribution in [2.24, 2.45) is 0 Å². The average molecular weight is 321 g/mol. The summed E-state index contributed by atoms with van der Waals surface area (Å²) in [5.41, 5.74) is 0.564. The largest absolute Gasteiger partial charge is 0.480 e. The minimum absolute atomic E-state index is 0.286. The van der Waals surface area contributed by atoms with Gasteiger partial charge in [0.05, 0.1) is 5.75 Å². The second-order valence-corrected chi connectivity index (χ2v) is 7.66. The van der Waals surface area contributed by atoms with E-state index in [2.05, 4.69) is 15.9 Å². The highest BCUT2D eigenvalue weighted by Crippen LogP contribution is 2.23. The van der Waals surface area contributed by atoms with Crippen molar-refractivity contribution in [3.63, 3.8) is 0 Å². The second kappa shape index (κ2) is 4.78. The molecule has 0 aliphatic heterocycles. The molecular formula is C11H13BrO4S. The van der Waals surface area contributed by atoms with Crippen molar-refractivity contribution in [3.8, 4) is 0 Å². The topological polar surface area (TPSA) is 71.4 Å². The van der Waals surface area contributed by atoms with Gasteiger partial charge < -0.3 is 5.11 Å². The van der Waals surface area contributed by atoms with E-state index in [0.29, 0.717) is 5.56 Å². The number of sulfone groups is 1. The summed E-state index contributed by atoms with van der Waals surface area (Å²) in [6.07, 6.45) is 0. The van der Waals surface area contributed by atoms with Gasteiger partial charge in [0.15, 0.2) is 14.6 Å². The van der Waals surface area contributed by atoms with Crippen molar-refractivity contribution < 1.29 is 18.3 Å². The second-order valence-electron chi connectivity index (χ2n) is 4.20. The summed E-state index contributed by atoms with van der Waals surface area (Å²) < 4.78 is 22.9. The minimum atomic E-state index is -3.75. The van der Waals surface area contributed by atoms with Crippen molar-refractivity contribution in [3.05, 3.63) is 34.3 Å². The summed E-state index contributed by atoms with van der Waals surface area (Å²) in [5, 5.41) is 8.92. The van der Waals surface area contributed by atoms with E-state index in [9.17, 15) is 13.2 Å². The molecule has 0 amide bonds. The third-order valence-corrected chi connectivity index (χ3v) is 5.47. The van der Waals surface area contributed by atoms with Crippen molar-refractivity contribution in [2.75, 3.05) is 0 Å². The molecule has 0 spiro atoms.